The Labute approximate surface area is 100.0 Å². The number of nitrogens with two attached hydrogens (primary N) is 1. The van der Waals surface area contributed by atoms with Crippen LogP contribution in [0.5, 0.6) is 0 Å². The Hall–Kier alpha value is -1.63. The van der Waals surface area contributed by atoms with Crippen molar-refractivity contribution in [1.82, 2.24) is 5.32 Å². The van der Waals surface area contributed by atoms with Gasteiger partial charge in [0.05, 0.1) is 6.54 Å². The van der Waals surface area contributed by atoms with E-state index in [0.717, 1.165) is 19.3 Å². The van der Waals surface area contributed by atoms with E-state index in [-0.39, 0.29) is 19.0 Å². The second-order valence-corrected chi connectivity index (χ2v) is 3.23. The molecule has 0 aliphatic carbocycles. The van der Waals surface area contributed by atoms with Gasteiger partial charge in [-0.25, -0.2) is 0 Å². The number of rotatable bonds is 7. The molecule has 5 N–H and O–H groups in total. The Kier molecular flexibility index (Phi) is 13.0. The summed E-state index contributed by atoms with van der Waals surface area (Å²) in [6, 6.07) is 0. The van der Waals surface area contributed by atoms with Crippen molar-refractivity contribution in [2.24, 2.45) is 5.73 Å². The highest BCUT2D eigenvalue weighted by Crippen LogP contribution is 1.97. The van der Waals surface area contributed by atoms with E-state index in [2.05, 4.69) is 18.0 Å². The monoisotopic (exact) mass is 248 g/mol. The van der Waals surface area contributed by atoms with Gasteiger partial charge in [-0.15, -0.1) is 0 Å². The van der Waals surface area contributed by atoms with Crippen molar-refractivity contribution in [2.75, 3.05) is 13.1 Å². The predicted molar refractivity (Wildman–Crippen MR) is 61.5 cm³/mol. The average molecular weight is 248 g/mol. The fourth-order valence-corrected chi connectivity index (χ4v) is 0.798. The lowest BCUT2D eigenvalue weighted by atomic mass is 10.2. The minimum atomic E-state index is -1.00. The van der Waals surface area contributed by atoms with Gasteiger partial charge in [-0.3, -0.25) is 14.4 Å². The van der Waals surface area contributed by atoms with Crippen LogP contribution < -0.4 is 11.1 Å². The van der Waals surface area contributed by atoms with Gasteiger partial charge in [0.2, 0.25) is 5.91 Å². The summed E-state index contributed by atoms with van der Waals surface area (Å²) in [7, 11) is 0. The van der Waals surface area contributed by atoms with E-state index in [1.165, 1.54) is 0 Å². The topological polar surface area (TPSA) is 130 Å². The third-order valence-corrected chi connectivity index (χ3v) is 1.62. The van der Waals surface area contributed by atoms with E-state index < -0.39 is 11.9 Å². The third-order valence-electron chi connectivity index (χ3n) is 1.62. The number of hydrogen-bond donors (Lipinski definition) is 4. The number of unbranched alkanes of at least 4 members (excludes halogenated alkanes) is 2. The van der Waals surface area contributed by atoms with Gasteiger partial charge in [0.25, 0.3) is 0 Å². The van der Waals surface area contributed by atoms with Crippen molar-refractivity contribution in [1.29, 1.82) is 0 Å². The van der Waals surface area contributed by atoms with Gasteiger partial charge in [-0.05, 0) is 6.42 Å². The molecule has 0 unspecified atom stereocenters. The number of amides is 1. The molecule has 0 aliphatic rings. The van der Waals surface area contributed by atoms with Crippen LogP contribution >= 0.6 is 0 Å². The summed E-state index contributed by atoms with van der Waals surface area (Å²) in [6.07, 6.45) is 3.34. The number of hydrogen-bond acceptors (Lipinski definition) is 4. The molecule has 7 nitrogen and oxygen atoms in total. The second-order valence-electron chi connectivity index (χ2n) is 3.23. The molecule has 0 saturated carbocycles. The number of carbonyl (C=O) groups excluding carboxylic acids is 1. The number of aliphatic carboxylic acids is 2. The molecule has 0 saturated heterocycles. The molecule has 0 aromatic heterocycles. The van der Waals surface area contributed by atoms with E-state index in [1.54, 1.807) is 0 Å². The first-order valence-corrected chi connectivity index (χ1v) is 5.34. The number of carboxylic acids is 2. The molecule has 0 fully saturated rings. The minimum absolute atomic E-state index is 0.175. The maximum Gasteiger partial charge on any atom is 0.322 e. The summed E-state index contributed by atoms with van der Waals surface area (Å²) < 4.78 is 0. The van der Waals surface area contributed by atoms with E-state index in [0.29, 0.717) is 6.42 Å². The first kappa shape index (κ1) is 17.8. The zero-order chi connectivity index (χ0) is 13.7. The van der Waals surface area contributed by atoms with Crippen molar-refractivity contribution < 1.29 is 24.6 Å². The first-order chi connectivity index (χ1) is 7.93. The average Bonchev–Trinajstić information content (AvgIpc) is 2.27. The van der Waals surface area contributed by atoms with Crippen LogP contribution in [-0.2, 0) is 14.4 Å². The molecule has 0 aromatic rings. The van der Waals surface area contributed by atoms with Gasteiger partial charge in [0.15, 0.2) is 0 Å². The summed E-state index contributed by atoms with van der Waals surface area (Å²) in [5, 5.41) is 18.1. The van der Waals surface area contributed by atoms with Gasteiger partial charge in [0.1, 0.15) is 6.54 Å². The fourth-order valence-electron chi connectivity index (χ4n) is 0.798. The van der Waals surface area contributed by atoms with E-state index in [4.69, 9.17) is 10.2 Å². The van der Waals surface area contributed by atoms with E-state index >= 15 is 0 Å². The molecule has 0 atom stereocenters. The van der Waals surface area contributed by atoms with Gasteiger partial charge in [-0.2, -0.15) is 0 Å². The number of carboxylic acid groups (broad SMARTS) is 2. The lowest BCUT2D eigenvalue weighted by Crippen LogP contribution is -2.28. The molecule has 0 spiro atoms. The van der Waals surface area contributed by atoms with Crippen molar-refractivity contribution in [3.05, 3.63) is 0 Å². The lowest BCUT2D eigenvalue weighted by Gasteiger charge is -2.00. The SMILES string of the molecule is CCCCCC(=O)NCC(=O)O.NCC(=O)O. The molecule has 17 heavy (non-hydrogen) atoms. The number of carbonyl (C=O) groups is 3. The van der Waals surface area contributed by atoms with Crippen LogP contribution in [0.15, 0.2) is 0 Å². The molecule has 0 heterocycles. The smallest absolute Gasteiger partial charge is 0.322 e. The quantitative estimate of drug-likeness (QED) is 0.461. The Balaban J connectivity index is 0. The zero-order valence-electron chi connectivity index (χ0n) is 9.94. The summed E-state index contributed by atoms with van der Waals surface area (Å²) in [5.74, 6) is -2.14. The molecular formula is C10H20N2O5. The predicted octanol–water partition coefficient (Wildman–Crippen LogP) is -0.203. The van der Waals surface area contributed by atoms with Crippen molar-refractivity contribution >= 4 is 17.8 Å². The Bertz CT molecular complexity index is 243. The normalized spacial score (nSPS) is 8.82. The minimum Gasteiger partial charge on any atom is -0.480 e. The molecule has 0 aliphatic heterocycles. The van der Waals surface area contributed by atoms with Crippen molar-refractivity contribution in [3.8, 4) is 0 Å². The van der Waals surface area contributed by atoms with Crippen LogP contribution in [0.3, 0.4) is 0 Å². The zero-order valence-corrected chi connectivity index (χ0v) is 9.94. The molecule has 0 bridgehead atoms. The lowest BCUT2D eigenvalue weighted by molar-refractivity contribution is -0.138. The summed E-state index contributed by atoms with van der Waals surface area (Å²) >= 11 is 0. The standard InChI is InChI=1S/C8H15NO3.C2H5NO2/c1-2-3-4-5-7(10)9-6-8(11)12;3-1-2(4)5/h2-6H2,1H3,(H,9,10)(H,11,12);1,3H2,(H,4,5). The van der Waals surface area contributed by atoms with Crippen LogP contribution in [0.2, 0.25) is 0 Å². The molecule has 0 rings (SSSR count). The molecule has 0 radical (unpaired) electrons. The van der Waals surface area contributed by atoms with Gasteiger partial charge in [-0.1, -0.05) is 19.8 Å². The van der Waals surface area contributed by atoms with Crippen molar-refractivity contribution in [3.63, 3.8) is 0 Å². The molecule has 7 heteroatoms. The molecular weight excluding hydrogens is 228 g/mol. The third kappa shape index (κ3) is 20.4. The largest absolute Gasteiger partial charge is 0.480 e. The fraction of sp³-hybridized carbons (Fsp3) is 0.700. The van der Waals surface area contributed by atoms with Crippen LogP contribution in [0.25, 0.3) is 0 Å². The van der Waals surface area contributed by atoms with Crippen LogP contribution in [0, 0.1) is 0 Å². The van der Waals surface area contributed by atoms with E-state index in [9.17, 15) is 14.4 Å². The van der Waals surface area contributed by atoms with Crippen LogP contribution in [0.4, 0.5) is 0 Å². The molecule has 1 amide bonds. The maximum absolute atomic E-state index is 10.8. The Morgan fingerprint density at radius 3 is 2.00 bits per heavy atom. The highest BCUT2D eigenvalue weighted by Gasteiger charge is 2.02. The highest BCUT2D eigenvalue weighted by molar-refractivity contribution is 5.80. The van der Waals surface area contributed by atoms with Crippen molar-refractivity contribution in [2.45, 2.75) is 32.6 Å². The maximum atomic E-state index is 10.8. The second kappa shape index (κ2) is 12.4. The summed E-state index contributed by atoms with van der Waals surface area (Å²) in [6.45, 7) is 1.50. The molecule has 100 valence electrons. The summed E-state index contributed by atoms with van der Waals surface area (Å²) in [4.78, 5) is 30.1. The van der Waals surface area contributed by atoms with Crippen LogP contribution in [0.1, 0.15) is 32.6 Å². The highest BCUT2D eigenvalue weighted by atomic mass is 16.4. The Morgan fingerprint density at radius 2 is 1.65 bits per heavy atom. The van der Waals surface area contributed by atoms with E-state index in [1.807, 2.05) is 0 Å². The van der Waals surface area contributed by atoms with Gasteiger partial charge < -0.3 is 21.3 Å². The van der Waals surface area contributed by atoms with Gasteiger partial charge in [0, 0.05) is 6.42 Å². The first-order valence-electron chi connectivity index (χ1n) is 5.34. The Morgan fingerprint density at radius 1 is 1.12 bits per heavy atom. The summed E-state index contributed by atoms with van der Waals surface area (Å²) in [5.41, 5.74) is 4.57. The molecule has 0 aromatic carbocycles. The van der Waals surface area contributed by atoms with Gasteiger partial charge >= 0.3 is 11.9 Å². The van der Waals surface area contributed by atoms with Crippen LogP contribution in [-0.4, -0.2) is 41.1 Å². The number of nitrogens with one attached hydrogen (secondary N) is 1.